The number of hydrogen-bond donors (Lipinski definition) is 1. The summed E-state index contributed by atoms with van der Waals surface area (Å²) in [6.07, 6.45) is 1.54. The molecule has 106 valence electrons. The fourth-order valence-electron chi connectivity index (χ4n) is 1.72. The lowest BCUT2D eigenvalue weighted by molar-refractivity contribution is 0.354. The largest absolute Gasteiger partial charge is 0.493 e. The van der Waals surface area contributed by atoms with Crippen molar-refractivity contribution in [1.82, 2.24) is 4.98 Å². The van der Waals surface area contributed by atoms with Crippen LogP contribution in [0.1, 0.15) is 5.56 Å². The first-order valence-corrected chi connectivity index (χ1v) is 6.69. The predicted octanol–water partition coefficient (Wildman–Crippen LogP) is 3.61. The number of pyridine rings is 1. The van der Waals surface area contributed by atoms with Gasteiger partial charge in [0.2, 0.25) is 0 Å². The second kappa shape index (κ2) is 6.56. The number of aromatic nitrogens is 1. The molecule has 0 saturated heterocycles. The molecular weight excluding hydrogens is 327 g/mol. The standard InChI is InChI=1S/C14H14BrFN2O2/c1-19-12-4-3-9(5-13(12)20-2)7-17-14-11(16)6-10(15)8-18-14/h3-6,8H,7H2,1-2H3,(H,17,18). The van der Waals surface area contributed by atoms with E-state index in [1.807, 2.05) is 12.1 Å². The van der Waals surface area contributed by atoms with Gasteiger partial charge < -0.3 is 14.8 Å². The smallest absolute Gasteiger partial charge is 0.166 e. The van der Waals surface area contributed by atoms with Gasteiger partial charge in [-0.25, -0.2) is 9.37 Å². The molecular formula is C14H14BrFN2O2. The second-order valence-corrected chi connectivity index (χ2v) is 4.94. The van der Waals surface area contributed by atoms with Gasteiger partial charge in [0.15, 0.2) is 23.1 Å². The molecule has 1 aromatic carbocycles. The van der Waals surface area contributed by atoms with Crippen molar-refractivity contribution in [2.45, 2.75) is 6.54 Å². The Kier molecular flexibility index (Phi) is 4.79. The summed E-state index contributed by atoms with van der Waals surface area (Å²) in [7, 11) is 3.15. The van der Waals surface area contributed by atoms with Gasteiger partial charge in [-0.15, -0.1) is 0 Å². The minimum Gasteiger partial charge on any atom is -0.493 e. The van der Waals surface area contributed by atoms with E-state index in [1.165, 1.54) is 6.07 Å². The van der Waals surface area contributed by atoms with E-state index in [4.69, 9.17) is 9.47 Å². The van der Waals surface area contributed by atoms with Crippen LogP contribution in [0.3, 0.4) is 0 Å². The van der Waals surface area contributed by atoms with Crippen LogP contribution in [0, 0.1) is 5.82 Å². The lowest BCUT2D eigenvalue weighted by atomic mass is 10.2. The Labute approximate surface area is 125 Å². The molecule has 20 heavy (non-hydrogen) atoms. The summed E-state index contributed by atoms with van der Waals surface area (Å²) < 4.78 is 24.6. The first-order chi connectivity index (χ1) is 9.63. The first-order valence-electron chi connectivity index (χ1n) is 5.90. The van der Waals surface area contributed by atoms with E-state index in [9.17, 15) is 4.39 Å². The quantitative estimate of drug-likeness (QED) is 0.902. The summed E-state index contributed by atoms with van der Waals surface area (Å²) >= 11 is 3.17. The minimum atomic E-state index is -0.403. The highest BCUT2D eigenvalue weighted by molar-refractivity contribution is 9.10. The molecule has 0 unspecified atom stereocenters. The number of benzene rings is 1. The van der Waals surface area contributed by atoms with Gasteiger partial charge in [-0.05, 0) is 39.7 Å². The van der Waals surface area contributed by atoms with Gasteiger partial charge >= 0.3 is 0 Å². The van der Waals surface area contributed by atoms with E-state index in [2.05, 4.69) is 26.2 Å². The zero-order valence-corrected chi connectivity index (χ0v) is 12.7. The maximum atomic E-state index is 13.6. The number of methoxy groups -OCH3 is 2. The molecule has 1 N–H and O–H groups in total. The Hall–Kier alpha value is -1.82. The van der Waals surface area contributed by atoms with E-state index >= 15 is 0 Å². The van der Waals surface area contributed by atoms with E-state index < -0.39 is 5.82 Å². The molecule has 4 nitrogen and oxygen atoms in total. The van der Waals surface area contributed by atoms with Gasteiger partial charge in [0.25, 0.3) is 0 Å². The summed E-state index contributed by atoms with van der Waals surface area (Å²) in [5, 5.41) is 2.94. The number of nitrogens with one attached hydrogen (secondary N) is 1. The van der Waals surface area contributed by atoms with Gasteiger partial charge in [-0.1, -0.05) is 6.07 Å². The fraction of sp³-hybridized carbons (Fsp3) is 0.214. The second-order valence-electron chi connectivity index (χ2n) is 4.03. The highest BCUT2D eigenvalue weighted by Crippen LogP contribution is 2.28. The third-order valence-electron chi connectivity index (χ3n) is 2.72. The number of nitrogens with zero attached hydrogens (tertiary/aromatic N) is 1. The number of rotatable bonds is 5. The summed E-state index contributed by atoms with van der Waals surface area (Å²) in [6, 6.07) is 6.89. The molecule has 6 heteroatoms. The Morgan fingerprint density at radius 3 is 2.60 bits per heavy atom. The number of hydrogen-bond acceptors (Lipinski definition) is 4. The summed E-state index contributed by atoms with van der Waals surface area (Å²) in [5.74, 6) is 1.10. The monoisotopic (exact) mass is 340 g/mol. The summed E-state index contributed by atoms with van der Waals surface area (Å²) in [5.41, 5.74) is 0.937. The van der Waals surface area contributed by atoms with Crippen LogP contribution in [0.4, 0.5) is 10.2 Å². The highest BCUT2D eigenvalue weighted by Gasteiger charge is 2.07. The normalized spacial score (nSPS) is 10.2. The van der Waals surface area contributed by atoms with Crippen molar-refractivity contribution in [3.05, 3.63) is 46.3 Å². The third-order valence-corrected chi connectivity index (χ3v) is 3.15. The molecule has 0 bridgehead atoms. The highest BCUT2D eigenvalue weighted by atomic mass is 79.9. The Balaban J connectivity index is 2.10. The van der Waals surface area contributed by atoms with Crippen LogP contribution < -0.4 is 14.8 Å². The van der Waals surface area contributed by atoms with Crippen LogP contribution in [-0.2, 0) is 6.54 Å². The zero-order valence-electron chi connectivity index (χ0n) is 11.1. The lowest BCUT2D eigenvalue weighted by Gasteiger charge is -2.11. The molecule has 0 amide bonds. The minimum absolute atomic E-state index is 0.211. The molecule has 0 radical (unpaired) electrons. The van der Waals surface area contributed by atoms with Crippen LogP contribution in [-0.4, -0.2) is 19.2 Å². The SMILES string of the molecule is COc1ccc(CNc2ncc(Br)cc2F)cc1OC. The molecule has 0 aliphatic carbocycles. The van der Waals surface area contributed by atoms with Crippen LogP contribution >= 0.6 is 15.9 Å². The molecule has 2 aromatic rings. The molecule has 0 atom stereocenters. The van der Waals surface area contributed by atoms with Gasteiger partial charge in [0.05, 0.1) is 14.2 Å². The zero-order chi connectivity index (χ0) is 14.5. The Bertz CT molecular complexity index is 608. The molecule has 0 aliphatic heterocycles. The predicted molar refractivity (Wildman–Crippen MR) is 78.8 cm³/mol. The van der Waals surface area contributed by atoms with Gasteiger partial charge in [-0.2, -0.15) is 0 Å². The number of anilines is 1. The van der Waals surface area contributed by atoms with Crippen molar-refractivity contribution in [2.75, 3.05) is 19.5 Å². The van der Waals surface area contributed by atoms with Crippen molar-refractivity contribution in [3.8, 4) is 11.5 Å². The summed E-state index contributed by atoms with van der Waals surface area (Å²) in [4.78, 5) is 3.98. The molecule has 0 saturated carbocycles. The maximum Gasteiger partial charge on any atom is 0.166 e. The van der Waals surface area contributed by atoms with Crippen molar-refractivity contribution < 1.29 is 13.9 Å². The molecule has 0 aliphatic rings. The maximum absolute atomic E-state index is 13.6. The van der Waals surface area contributed by atoms with Crippen molar-refractivity contribution in [3.63, 3.8) is 0 Å². The van der Waals surface area contributed by atoms with E-state index in [1.54, 1.807) is 26.5 Å². The van der Waals surface area contributed by atoms with Gasteiger partial charge in [0.1, 0.15) is 0 Å². The van der Waals surface area contributed by atoms with Crippen LogP contribution in [0.25, 0.3) is 0 Å². The first kappa shape index (κ1) is 14.6. The van der Waals surface area contributed by atoms with Gasteiger partial charge in [-0.3, -0.25) is 0 Å². The van der Waals surface area contributed by atoms with Crippen molar-refractivity contribution in [2.24, 2.45) is 0 Å². The van der Waals surface area contributed by atoms with Gasteiger partial charge in [0, 0.05) is 17.2 Å². The van der Waals surface area contributed by atoms with Crippen molar-refractivity contribution in [1.29, 1.82) is 0 Å². The molecule has 2 rings (SSSR count). The van der Waals surface area contributed by atoms with Crippen LogP contribution in [0.15, 0.2) is 34.9 Å². The molecule has 1 heterocycles. The van der Waals surface area contributed by atoms with E-state index in [0.29, 0.717) is 22.5 Å². The van der Waals surface area contributed by atoms with Crippen LogP contribution in [0.2, 0.25) is 0 Å². The summed E-state index contributed by atoms with van der Waals surface area (Å²) in [6.45, 7) is 0.436. The average Bonchev–Trinajstić information content (AvgIpc) is 2.46. The van der Waals surface area contributed by atoms with Crippen LogP contribution in [0.5, 0.6) is 11.5 Å². The molecule has 0 spiro atoms. The Morgan fingerprint density at radius 2 is 1.95 bits per heavy atom. The number of ether oxygens (including phenoxy) is 2. The number of halogens is 2. The van der Waals surface area contributed by atoms with Crippen molar-refractivity contribution >= 4 is 21.7 Å². The fourth-order valence-corrected chi connectivity index (χ4v) is 2.02. The molecule has 1 aromatic heterocycles. The van der Waals surface area contributed by atoms with E-state index in [0.717, 1.165) is 5.56 Å². The lowest BCUT2D eigenvalue weighted by Crippen LogP contribution is -2.04. The topological polar surface area (TPSA) is 43.4 Å². The Morgan fingerprint density at radius 1 is 1.20 bits per heavy atom. The van der Waals surface area contributed by atoms with E-state index in [-0.39, 0.29) is 5.82 Å². The third kappa shape index (κ3) is 3.39. The molecule has 0 fully saturated rings. The average molecular weight is 341 g/mol.